The minimum atomic E-state index is -2.38. The Kier molecular flexibility index (Phi) is 7.92. The van der Waals surface area contributed by atoms with Gasteiger partial charge in [0, 0.05) is 0 Å². The van der Waals surface area contributed by atoms with E-state index in [0.29, 0.717) is 0 Å². The fourth-order valence-corrected chi connectivity index (χ4v) is 16.5. The Morgan fingerprint density at radius 1 is 0.472 bits per heavy atom. The van der Waals surface area contributed by atoms with E-state index in [1.54, 1.807) is 0 Å². The van der Waals surface area contributed by atoms with Crippen molar-refractivity contribution < 1.29 is 0 Å². The Balaban J connectivity index is 1.32. The van der Waals surface area contributed by atoms with E-state index < -0.39 is 11.5 Å². The molecule has 3 nitrogen and oxygen atoms in total. The van der Waals surface area contributed by atoms with Crippen molar-refractivity contribution in [3.05, 3.63) is 188 Å². The molecule has 0 aliphatic carbocycles. The SMILES string of the molecule is S=P(c1ccccc1)(c1ccccc1)c1ccc2c(c1)nc1c3c4ccccc4ccc3c3ccc(P(=[Se])(c4ccccc4)c4ccncc4)cc3n21. The van der Waals surface area contributed by atoms with E-state index in [1.165, 1.54) is 48.1 Å². The third-order valence-corrected chi connectivity index (χ3v) is 22.4. The zero-order valence-electron chi connectivity index (χ0n) is 28.5. The molecule has 1 atom stereocenters. The molecule has 0 saturated carbocycles. The first-order valence-corrected chi connectivity index (χ1v) is 24.3. The van der Waals surface area contributed by atoms with Crippen LogP contribution in [-0.2, 0) is 11.8 Å². The standard InChI is InChI=1S/C46H31N3P2SSe/c52-50(33-13-4-1-5-14-33,34-15-6-2-7-16-34)37-22-25-43-42(30-37)48-46-45-39-19-11-10-12-32(39)20-23-41(45)40-24-21-38(31-44(40)49(43)46)51(53,35-17-8-3-9-18-35)36-26-28-47-29-27-36/h1-31H. The van der Waals surface area contributed by atoms with E-state index in [0.717, 1.165) is 32.9 Å². The molecule has 0 bridgehead atoms. The first kappa shape index (κ1) is 32.7. The normalized spacial score (nSPS) is 13.2. The molecular formula is C46H31N3P2SSe. The van der Waals surface area contributed by atoms with Gasteiger partial charge in [0.05, 0.1) is 0 Å². The van der Waals surface area contributed by atoms with Gasteiger partial charge in [-0.3, -0.25) is 0 Å². The van der Waals surface area contributed by atoms with E-state index in [4.69, 9.17) is 16.8 Å². The fraction of sp³-hybridized carbons (Fsp3) is 0. The van der Waals surface area contributed by atoms with Gasteiger partial charge in [-0.05, 0) is 0 Å². The second-order valence-corrected chi connectivity index (χ2v) is 23.9. The van der Waals surface area contributed by atoms with Crippen molar-refractivity contribution in [3.63, 3.8) is 0 Å². The van der Waals surface area contributed by atoms with Crippen molar-refractivity contribution in [2.24, 2.45) is 0 Å². The zero-order chi connectivity index (χ0) is 35.6. The van der Waals surface area contributed by atoms with E-state index in [1.807, 2.05) is 12.4 Å². The van der Waals surface area contributed by atoms with Crippen molar-refractivity contribution in [3.8, 4) is 0 Å². The minimum absolute atomic E-state index is 0.942. The summed E-state index contributed by atoms with van der Waals surface area (Å²) >= 11 is 10.5. The fourth-order valence-electron chi connectivity index (χ4n) is 7.90. The summed E-state index contributed by atoms with van der Waals surface area (Å²) in [5, 5.41) is 13.2. The number of imidazole rings is 1. The quantitative estimate of drug-likeness (QED) is 0.0962. The van der Waals surface area contributed by atoms with Gasteiger partial charge in [0.25, 0.3) is 0 Å². The average Bonchev–Trinajstić information content (AvgIpc) is 3.63. The van der Waals surface area contributed by atoms with Crippen LogP contribution in [0.2, 0.25) is 0 Å². The number of aromatic nitrogens is 3. The zero-order valence-corrected chi connectivity index (χ0v) is 32.8. The van der Waals surface area contributed by atoms with Gasteiger partial charge in [-0.15, -0.1) is 0 Å². The maximum absolute atomic E-state index is 6.79. The van der Waals surface area contributed by atoms with Gasteiger partial charge in [0.2, 0.25) is 0 Å². The molecule has 53 heavy (non-hydrogen) atoms. The summed E-state index contributed by atoms with van der Waals surface area (Å²) in [5.41, 5.74) is 1.93. The number of hydrogen-bond donors (Lipinski definition) is 0. The summed E-state index contributed by atoms with van der Waals surface area (Å²) in [6, 6.07) is 61.0. The van der Waals surface area contributed by atoms with E-state index in [9.17, 15) is 0 Å². The maximum atomic E-state index is 6.79. The van der Waals surface area contributed by atoms with Gasteiger partial charge >= 0.3 is 286 Å². The van der Waals surface area contributed by atoms with Crippen LogP contribution in [0.4, 0.5) is 0 Å². The Hall–Kier alpha value is -4.98. The van der Waals surface area contributed by atoms with Gasteiger partial charge < -0.3 is 0 Å². The van der Waals surface area contributed by atoms with Crippen LogP contribution in [0.5, 0.6) is 0 Å². The summed E-state index contributed by atoms with van der Waals surface area (Å²) in [7, 11) is 0. The molecule has 10 aromatic rings. The van der Waals surface area contributed by atoms with Crippen molar-refractivity contribution in [2.45, 2.75) is 0 Å². The molecule has 0 fully saturated rings. The monoisotopic (exact) mass is 799 g/mol. The van der Waals surface area contributed by atoms with Crippen LogP contribution >= 0.6 is 11.5 Å². The topological polar surface area (TPSA) is 30.2 Å². The van der Waals surface area contributed by atoms with Crippen LogP contribution in [-0.4, -0.2) is 29.5 Å². The molecule has 7 aromatic carbocycles. The Labute approximate surface area is 320 Å². The first-order chi connectivity index (χ1) is 26.0. The summed E-state index contributed by atoms with van der Waals surface area (Å²) in [4.78, 5) is 9.91. The molecule has 0 saturated heterocycles. The summed E-state index contributed by atoms with van der Waals surface area (Å²) in [6.07, 6.45) is 3.80. The number of nitrogens with zero attached hydrogens (tertiary/aromatic N) is 3. The molecular weight excluding hydrogens is 768 g/mol. The second-order valence-electron chi connectivity index (χ2n) is 13.3. The molecule has 0 spiro atoms. The van der Waals surface area contributed by atoms with Crippen LogP contribution in [0, 0.1) is 0 Å². The Morgan fingerprint density at radius 2 is 1.06 bits per heavy atom. The van der Waals surface area contributed by atoms with Crippen molar-refractivity contribution in [1.29, 1.82) is 0 Å². The van der Waals surface area contributed by atoms with Gasteiger partial charge in [-0.1, -0.05) is 36.4 Å². The van der Waals surface area contributed by atoms with Crippen LogP contribution in [0.15, 0.2) is 188 Å². The van der Waals surface area contributed by atoms with Crippen LogP contribution in [0.3, 0.4) is 0 Å². The molecule has 0 aliphatic heterocycles. The Bertz CT molecular complexity index is 3030. The van der Waals surface area contributed by atoms with E-state index in [2.05, 4.69) is 200 Å². The van der Waals surface area contributed by atoms with Gasteiger partial charge in [-0.25, -0.2) is 0 Å². The second kappa shape index (κ2) is 12.9. The number of pyridine rings is 2. The molecule has 252 valence electrons. The van der Waals surface area contributed by atoms with Crippen LogP contribution in [0.25, 0.3) is 49.1 Å². The molecule has 0 N–H and O–H groups in total. The van der Waals surface area contributed by atoms with Crippen LogP contribution in [0.1, 0.15) is 0 Å². The third kappa shape index (κ3) is 5.08. The summed E-state index contributed by atoms with van der Waals surface area (Å²) in [6.45, 7) is 0. The molecule has 0 radical (unpaired) electrons. The van der Waals surface area contributed by atoms with Crippen molar-refractivity contribution in [1.82, 2.24) is 14.4 Å². The molecule has 1 unspecified atom stereocenters. The molecule has 7 heteroatoms. The first-order valence-electron chi connectivity index (χ1n) is 17.5. The van der Waals surface area contributed by atoms with Gasteiger partial charge in [-0.2, -0.15) is 0 Å². The molecule has 3 aromatic heterocycles. The van der Waals surface area contributed by atoms with Crippen molar-refractivity contribution >= 4 is 119 Å². The number of hydrogen-bond acceptors (Lipinski definition) is 3. The van der Waals surface area contributed by atoms with Crippen LogP contribution < -0.4 is 31.8 Å². The molecule has 0 aliphatic rings. The summed E-state index contributed by atoms with van der Waals surface area (Å²) < 4.78 is 2.39. The van der Waals surface area contributed by atoms with Gasteiger partial charge in [0.15, 0.2) is 0 Å². The van der Waals surface area contributed by atoms with Gasteiger partial charge in [0.1, 0.15) is 0 Å². The predicted octanol–water partition coefficient (Wildman–Crippen LogP) is 8.48. The Morgan fingerprint density at radius 3 is 1.75 bits per heavy atom. The third-order valence-electron chi connectivity index (χ3n) is 10.4. The number of benzene rings is 7. The number of rotatable bonds is 6. The average molecular weight is 799 g/mol. The number of fused-ring (bicyclic) bond motifs is 10. The molecule has 0 amide bonds. The predicted molar refractivity (Wildman–Crippen MR) is 234 cm³/mol. The van der Waals surface area contributed by atoms with E-state index >= 15 is 0 Å². The van der Waals surface area contributed by atoms with Crippen molar-refractivity contribution in [2.75, 3.05) is 0 Å². The summed E-state index contributed by atoms with van der Waals surface area (Å²) in [5.74, 6) is 0. The molecule has 10 rings (SSSR count). The molecule has 3 heterocycles. The van der Waals surface area contributed by atoms with E-state index in [-0.39, 0.29) is 0 Å².